The largest absolute Gasteiger partial charge is 0.337 e. The van der Waals surface area contributed by atoms with Crippen molar-refractivity contribution in [2.75, 3.05) is 0 Å². The Labute approximate surface area is 132 Å². The number of hydrogen-bond acceptors (Lipinski definition) is 6. The zero-order valence-corrected chi connectivity index (χ0v) is 13.0. The number of tetrazole rings is 1. The summed E-state index contributed by atoms with van der Waals surface area (Å²) < 4.78 is 18.5. The Hall–Kier alpha value is -2.64. The fraction of sp³-hybridized carbons (Fsp3) is 0.400. The number of aromatic nitrogens is 6. The van der Waals surface area contributed by atoms with E-state index in [-0.39, 0.29) is 11.9 Å². The summed E-state index contributed by atoms with van der Waals surface area (Å²) in [7, 11) is 0. The van der Waals surface area contributed by atoms with Crippen LogP contribution in [0.25, 0.3) is 11.4 Å². The minimum atomic E-state index is -0.343. The highest BCUT2D eigenvalue weighted by atomic mass is 19.1. The van der Waals surface area contributed by atoms with Crippen LogP contribution in [0, 0.1) is 5.82 Å². The van der Waals surface area contributed by atoms with Gasteiger partial charge in [-0.3, -0.25) is 0 Å². The lowest BCUT2D eigenvalue weighted by molar-refractivity contribution is 0.318. The minimum absolute atomic E-state index is 0.340. The fourth-order valence-electron chi connectivity index (χ4n) is 2.10. The van der Waals surface area contributed by atoms with Gasteiger partial charge >= 0.3 is 0 Å². The van der Waals surface area contributed by atoms with E-state index in [2.05, 4.69) is 32.5 Å². The van der Waals surface area contributed by atoms with Gasteiger partial charge in [0.2, 0.25) is 5.82 Å². The summed E-state index contributed by atoms with van der Waals surface area (Å²) in [6, 6.07) is 5.72. The van der Waals surface area contributed by atoms with E-state index in [0.29, 0.717) is 23.1 Å². The first-order valence-electron chi connectivity index (χ1n) is 7.55. The summed E-state index contributed by atoms with van der Waals surface area (Å²) in [5, 5.41) is 16.2. The molecular weight excluding hydrogens is 299 g/mol. The first kappa shape index (κ1) is 15.3. The number of rotatable bonds is 6. The molecule has 0 aliphatic carbocycles. The molecule has 1 atom stereocenters. The maximum Gasteiger partial charge on any atom is 0.253 e. The van der Waals surface area contributed by atoms with Crippen molar-refractivity contribution in [3.05, 3.63) is 41.8 Å². The molecule has 3 aromatic rings. The van der Waals surface area contributed by atoms with Gasteiger partial charge in [-0.2, -0.15) is 9.78 Å². The Kier molecular flexibility index (Phi) is 4.40. The predicted octanol–water partition coefficient (Wildman–Crippen LogP) is 2.81. The Bertz CT molecular complexity index is 784. The van der Waals surface area contributed by atoms with Gasteiger partial charge in [-0.05, 0) is 30.7 Å². The summed E-state index contributed by atoms with van der Waals surface area (Å²) in [4.78, 5) is 5.74. The second-order valence-corrected chi connectivity index (χ2v) is 5.27. The predicted molar refractivity (Wildman–Crippen MR) is 79.9 cm³/mol. The third-order valence-electron chi connectivity index (χ3n) is 3.45. The van der Waals surface area contributed by atoms with Gasteiger partial charge in [-0.1, -0.05) is 30.6 Å². The summed E-state index contributed by atoms with van der Waals surface area (Å²) >= 11 is 0. The maximum absolute atomic E-state index is 13.3. The number of benzene rings is 1. The van der Waals surface area contributed by atoms with Crippen LogP contribution in [-0.4, -0.2) is 30.3 Å². The standard InChI is InChI=1S/C15H17FN6O/c1-3-4-8-13-17-15(23-20-13)10(2)22-19-14(18-21-22)11-6-5-7-12(16)9-11/h5-7,9-10H,3-4,8H2,1-2H3/t10-/m1/s1. The molecule has 0 amide bonds. The highest BCUT2D eigenvalue weighted by molar-refractivity contribution is 5.53. The quantitative estimate of drug-likeness (QED) is 0.695. The summed E-state index contributed by atoms with van der Waals surface area (Å²) in [5.74, 6) is 1.12. The first-order chi connectivity index (χ1) is 11.2. The lowest BCUT2D eigenvalue weighted by Crippen LogP contribution is -2.11. The third kappa shape index (κ3) is 3.41. The Morgan fingerprint density at radius 3 is 3.00 bits per heavy atom. The summed E-state index contributed by atoms with van der Waals surface area (Å²) in [5.41, 5.74) is 0.567. The molecule has 0 aliphatic rings. The number of unbranched alkanes of at least 4 members (excludes halogenated alkanes) is 1. The average molecular weight is 316 g/mol. The lowest BCUT2D eigenvalue weighted by Gasteiger charge is -2.02. The van der Waals surface area contributed by atoms with Crippen LogP contribution in [0.2, 0.25) is 0 Å². The Balaban J connectivity index is 1.78. The second-order valence-electron chi connectivity index (χ2n) is 5.27. The Morgan fingerprint density at radius 2 is 2.22 bits per heavy atom. The fourth-order valence-corrected chi connectivity index (χ4v) is 2.10. The molecule has 7 nitrogen and oxygen atoms in total. The van der Waals surface area contributed by atoms with Crippen molar-refractivity contribution in [3.8, 4) is 11.4 Å². The van der Waals surface area contributed by atoms with Crippen molar-refractivity contribution in [2.24, 2.45) is 0 Å². The molecule has 1 aromatic carbocycles. The van der Waals surface area contributed by atoms with Gasteiger partial charge in [0.05, 0.1) is 0 Å². The van der Waals surface area contributed by atoms with Gasteiger partial charge in [0.15, 0.2) is 5.82 Å². The molecule has 2 heterocycles. The molecule has 0 fully saturated rings. The van der Waals surface area contributed by atoms with Crippen LogP contribution >= 0.6 is 0 Å². The zero-order valence-electron chi connectivity index (χ0n) is 13.0. The normalized spacial score (nSPS) is 12.5. The molecule has 0 aliphatic heterocycles. The van der Waals surface area contributed by atoms with Crippen molar-refractivity contribution >= 4 is 0 Å². The topological polar surface area (TPSA) is 82.5 Å². The van der Waals surface area contributed by atoms with E-state index in [1.165, 1.54) is 16.9 Å². The molecular formula is C15H17FN6O. The Morgan fingerprint density at radius 1 is 1.35 bits per heavy atom. The van der Waals surface area contributed by atoms with Crippen LogP contribution in [0.4, 0.5) is 4.39 Å². The van der Waals surface area contributed by atoms with E-state index in [1.54, 1.807) is 12.1 Å². The summed E-state index contributed by atoms with van der Waals surface area (Å²) in [6.45, 7) is 3.95. The smallest absolute Gasteiger partial charge is 0.253 e. The van der Waals surface area contributed by atoms with Gasteiger partial charge in [0, 0.05) is 12.0 Å². The van der Waals surface area contributed by atoms with Crippen LogP contribution in [0.1, 0.15) is 44.4 Å². The van der Waals surface area contributed by atoms with Crippen LogP contribution in [0.15, 0.2) is 28.8 Å². The third-order valence-corrected chi connectivity index (χ3v) is 3.45. The van der Waals surface area contributed by atoms with Gasteiger partial charge in [0.25, 0.3) is 5.89 Å². The number of aryl methyl sites for hydroxylation is 1. The molecule has 8 heteroatoms. The molecule has 2 aromatic heterocycles. The molecule has 23 heavy (non-hydrogen) atoms. The maximum atomic E-state index is 13.3. The van der Waals surface area contributed by atoms with Crippen molar-refractivity contribution in [1.82, 2.24) is 30.3 Å². The molecule has 120 valence electrons. The van der Waals surface area contributed by atoms with Crippen LogP contribution in [0.3, 0.4) is 0 Å². The minimum Gasteiger partial charge on any atom is -0.337 e. The second kappa shape index (κ2) is 6.64. The monoisotopic (exact) mass is 316 g/mol. The van der Waals surface area contributed by atoms with E-state index in [1.807, 2.05) is 6.92 Å². The SMILES string of the molecule is CCCCc1noc([C@@H](C)n2nnc(-c3cccc(F)c3)n2)n1. The number of hydrogen-bond donors (Lipinski definition) is 0. The molecule has 0 N–H and O–H groups in total. The first-order valence-corrected chi connectivity index (χ1v) is 7.55. The van der Waals surface area contributed by atoms with E-state index < -0.39 is 0 Å². The van der Waals surface area contributed by atoms with Gasteiger partial charge < -0.3 is 4.52 Å². The molecule has 0 radical (unpaired) electrons. The average Bonchev–Trinajstić information content (AvgIpc) is 3.22. The molecule has 0 spiro atoms. The van der Waals surface area contributed by atoms with Gasteiger partial charge in [-0.15, -0.1) is 10.2 Å². The number of nitrogens with zero attached hydrogens (tertiary/aromatic N) is 6. The highest BCUT2D eigenvalue weighted by Crippen LogP contribution is 2.18. The van der Waals surface area contributed by atoms with Crippen molar-refractivity contribution in [2.45, 2.75) is 39.2 Å². The zero-order chi connectivity index (χ0) is 16.2. The van der Waals surface area contributed by atoms with Crippen molar-refractivity contribution in [3.63, 3.8) is 0 Å². The van der Waals surface area contributed by atoms with E-state index in [4.69, 9.17) is 4.52 Å². The molecule has 0 saturated carbocycles. The number of halogens is 1. The van der Waals surface area contributed by atoms with Crippen LogP contribution in [0.5, 0.6) is 0 Å². The molecule has 3 rings (SSSR count). The van der Waals surface area contributed by atoms with Crippen LogP contribution in [-0.2, 0) is 6.42 Å². The molecule has 0 saturated heterocycles. The van der Waals surface area contributed by atoms with Crippen molar-refractivity contribution < 1.29 is 8.91 Å². The van der Waals surface area contributed by atoms with Crippen LogP contribution < -0.4 is 0 Å². The van der Waals surface area contributed by atoms with Crippen molar-refractivity contribution in [1.29, 1.82) is 0 Å². The van der Waals surface area contributed by atoms with E-state index >= 15 is 0 Å². The highest BCUT2D eigenvalue weighted by Gasteiger charge is 2.19. The van der Waals surface area contributed by atoms with Gasteiger partial charge in [-0.25, -0.2) is 4.39 Å². The van der Waals surface area contributed by atoms with E-state index in [9.17, 15) is 4.39 Å². The summed E-state index contributed by atoms with van der Waals surface area (Å²) in [6.07, 6.45) is 2.87. The lowest BCUT2D eigenvalue weighted by atomic mass is 10.2. The van der Waals surface area contributed by atoms with Gasteiger partial charge in [0.1, 0.15) is 11.9 Å². The molecule has 0 unspecified atom stereocenters. The molecule has 0 bridgehead atoms. The van der Waals surface area contributed by atoms with E-state index in [0.717, 1.165) is 19.3 Å².